The summed E-state index contributed by atoms with van der Waals surface area (Å²) in [6.07, 6.45) is 1.09. The molecule has 0 saturated heterocycles. The molecule has 1 aliphatic carbocycles. The Bertz CT molecular complexity index is 616. The van der Waals surface area contributed by atoms with E-state index in [-0.39, 0.29) is 5.41 Å². The second kappa shape index (κ2) is 5.44. The Hall–Kier alpha value is -1.80. The zero-order valence-electron chi connectivity index (χ0n) is 13.7. The number of benzene rings is 2. The number of hydrogen-bond donors (Lipinski definition) is 0. The van der Waals surface area contributed by atoms with E-state index in [4.69, 9.17) is 4.43 Å². The summed E-state index contributed by atoms with van der Waals surface area (Å²) in [7, 11) is -1.61. The summed E-state index contributed by atoms with van der Waals surface area (Å²) < 4.78 is 6.20. The maximum Gasteiger partial charge on any atom is 0.241 e. The van der Waals surface area contributed by atoms with Crippen LogP contribution in [0.2, 0.25) is 19.6 Å². The summed E-state index contributed by atoms with van der Waals surface area (Å²) in [6, 6.07) is 21.6. The van der Waals surface area contributed by atoms with Crippen LogP contribution in [0.5, 0.6) is 0 Å². The van der Waals surface area contributed by atoms with Crippen LogP contribution in [-0.4, -0.2) is 8.32 Å². The number of hydrogen-bond acceptors (Lipinski definition) is 1. The summed E-state index contributed by atoms with van der Waals surface area (Å²) in [6.45, 7) is 10.9. The van der Waals surface area contributed by atoms with Crippen LogP contribution in [0.3, 0.4) is 0 Å². The summed E-state index contributed by atoms with van der Waals surface area (Å²) >= 11 is 0. The summed E-state index contributed by atoms with van der Waals surface area (Å²) in [4.78, 5) is 0. The van der Waals surface area contributed by atoms with Crippen molar-refractivity contribution >= 4 is 8.32 Å². The average Bonchev–Trinajstić information content (AvgIpc) is 3.24. The van der Waals surface area contributed by atoms with Gasteiger partial charge in [-0.3, -0.25) is 0 Å². The molecular formula is C20H24OSi. The van der Waals surface area contributed by atoms with E-state index in [0.29, 0.717) is 5.92 Å². The van der Waals surface area contributed by atoms with Gasteiger partial charge in [0.1, 0.15) is 0 Å². The fourth-order valence-corrected chi connectivity index (χ4v) is 4.32. The molecule has 0 aliphatic heterocycles. The van der Waals surface area contributed by atoms with Gasteiger partial charge in [0, 0.05) is 11.3 Å². The standard InChI is InChI=1S/C20H24OSi/c1-16(21-22(2,3)4)19-15-20(19,17-11-7-5-8-12-17)18-13-9-6-10-14-18/h5-14,19H,1,15H2,2-4H3. The van der Waals surface area contributed by atoms with Gasteiger partial charge in [-0.1, -0.05) is 67.2 Å². The smallest absolute Gasteiger partial charge is 0.241 e. The maximum atomic E-state index is 6.20. The quantitative estimate of drug-likeness (QED) is 0.534. The van der Waals surface area contributed by atoms with Gasteiger partial charge in [0.05, 0.1) is 5.76 Å². The molecule has 1 atom stereocenters. The Morgan fingerprint density at radius 1 is 0.955 bits per heavy atom. The van der Waals surface area contributed by atoms with E-state index in [2.05, 4.69) is 86.9 Å². The largest absolute Gasteiger partial charge is 0.548 e. The van der Waals surface area contributed by atoms with Crippen LogP contribution in [0.1, 0.15) is 17.5 Å². The molecule has 1 unspecified atom stereocenters. The van der Waals surface area contributed by atoms with E-state index >= 15 is 0 Å². The fourth-order valence-electron chi connectivity index (χ4n) is 3.39. The highest BCUT2D eigenvalue weighted by molar-refractivity contribution is 6.70. The Morgan fingerprint density at radius 2 is 1.41 bits per heavy atom. The van der Waals surface area contributed by atoms with Crippen LogP contribution < -0.4 is 0 Å². The normalized spacial score (nSPS) is 19.5. The van der Waals surface area contributed by atoms with Gasteiger partial charge >= 0.3 is 0 Å². The van der Waals surface area contributed by atoms with Crippen molar-refractivity contribution in [3.63, 3.8) is 0 Å². The van der Waals surface area contributed by atoms with Crippen molar-refractivity contribution in [1.29, 1.82) is 0 Å². The maximum absolute atomic E-state index is 6.20. The minimum absolute atomic E-state index is 0.0409. The van der Waals surface area contributed by atoms with Crippen molar-refractivity contribution in [2.45, 2.75) is 31.5 Å². The summed E-state index contributed by atoms with van der Waals surface area (Å²) in [5.74, 6) is 1.34. The van der Waals surface area contributed by atoms with E-state index in [1.165, 1.54) is 11.1 Å². The van der Waals surface area contributed by atoms with Crippen molar-refractivity contribution in [3.8, 4) is 0 Å². The molecule has 2 aromatic rings. The van der Waals surface area contributed by atoms with Gasteiger partial charge in [-0.25, -0.2) is 0 Å². The Balaban J connectivity index is 1.97. The molecular weight excluding hydrogens is 284 g/mol. The molecule has 0 aromatic heterocycles. The molecule has 0 N–H and O–H groups in total. The third kappa shape index (κ3) is 2.75. The van der Waals surface area contributed by atoms with Crippen molar-refractivity contribution < 1.29 is 4.43 Å². The van der Waals surface area contributed by atoms with Crippen LogP contribution >= 0.6 is 0 Å². The van der Waals surface area contributed by atoms with Gasteiger partial charge in [0.25, 0.3) is 0 Å². The zero-order valence-corrected chi connectivity index (χ0v) is 14.7. The molecule has 3 rings (SSSR count). The first-order valence-corrected chi connectivity index (χ1v) is 11.3. The van der Waals surface area contributed by atoms with Crippen molar-refractivity contribution in [2.24, 2.45) is 5.92 Å². The molecule has 0 heterocycles. The van der Waals surface area contributed by atoms with Gasteiger partial charge in [-0.05, 0) is 37.2 Å². The number of rotatable bonds is 5. The van der Waals surface area contributed by atoms with Gasteiger partial charge in [-0.2, -0.15) is 0 Å². The van der Waals surface area contributed by atoms with E-state index in [9.17, 15) is 0 Å². The molecule has 1 aliphatic rings. The molecule has 114 valence electrons. The van der Waals surface area contributed by atoms with E-state index in [1.807, 2.05) is 0 Å². The Labute approximate surface area is 134 Å². The first-order chi connectivity index (χ1) is 10.4. The molecule has 2 heteroatoms. The van der Waals surface area contributed by atoms with E-state index in [0.717, 1.165) is 12.2 Å². The minimum atomic E-state index is -1.61. The Morgan fingerprint density at radius 3 is 1.82 bits per heavy atom. The van der Waals surface area contributed by atoms with Gasteiger partial charge < -0.3 is 4.43 Å². The van der Waals surface area contributed by atoms with Crippen molar-refractivity contribution in [3.05, 3.63) is 84.1 Å². The van der Waals surface area contributed by atoms with Crippen LogP contribution in [0, 0.1) is 5.92 Å². The molecule has 1 fully saturated rings. The second-order valence-corrected chi connectivity index (χ2v) is 11.6. The average molecular weight is 308 g/mol. The molecule has 0 spiro atoms. The van der Waals surface area contributed by atoms with Crippen LogP contribution in [0.4, 0.5) is 0 Å². The highest BCUT2D eigenvalue weighted by Gasteiger charge is 2.58. The topological polar surface area (TPSA) is 9.23 Å². The lowest BCUT2D eigenvalue weighted by atomic mass is 9.85. The molecule has 0 radical (unpaired) electrons. The second-order valence-electron chi connectivity index (χ2n) is 7.14. The lowest BCUT2D eigenvalue weighted by Gasteiger charge is -2.24. The van der Waals surface area contributed by atoms with Crippen molar-refractivity contribution in [1.82, 2.24) is 0 Å². The lowest BCUT2D eigenvalue weighted by molar-refractivity contribution is 0.384. The zero-order chi connectivity index (χ0) is 15.8. The Kier molecular flexibility index (Phi) is 3.73. The lowest BCUT2D eigenvalue weighted by Crippen LogP contribution is -2.26. The summed E-state index contributed by atoms with van der Waals surface area (Å²) in [5, 5.41) is 0. The predicted molar refractivity (Wildman–Crippen MR) is 95.3 cm³/mol. The third-order valence-electron chi connectivity index (χ3n) is 4.36. The minimum Gasteiger partial charge on any atom is -0.548 e. The first-order valence-electron chi connectivity index (χ1n) is 7.92. The highest BCUT2D eigenvalue weighted by atomic mass is 28.4. The molecule has 0 bridgehead atoms. The monoisotopic (exact) mass is 308 g/mol. The van der Waals surface area contributed by atoms with E-state index < -0.39 is 8.32 Å². The SMILES string of the molecule is C=C(O[Si](C)(C)C)C1CC1(c1ccccc1)c1ccccc1. The van der Waals surface area contributed by atoms with Crippen LogP contribution in [0.25, 0.3) is 0 Å². The third-order valence-corrected chi connectivity index (χ3v) is 5.24. The van der Waals surface area contributed by atoms with Gasteiger partial charge in [0.15, 0.2) is 0 Å². The van der Waals surface area contributed by atoms with Gasteiger partial charge in [0.2, 0.25) is 8.32 Å². The fraction of sp³-hybridized carbons (Fsp3) is 0.300. The highest BCUT2D eigenvalue weighted by Crippen LogP contribution is 2.61. The van der Waals surface area contributed by atoms with E-state index in [1.54, 1.807) is 0 Å². The van der Waals surface area contributed by atoms with Gasteiger partial charge in [-0.15, -0.1) is 0 Å². The molecule has 0 amide bonds. The summed E-state index contributed by atoms with van der Waals surface area (Å²) in [5.41, 5.74) is 2.78. The predicted octanol–water partition coefficient (Wildman–Crippen LogP) is 5.36. The molecule has 2 aromatic carbocycles. The first kappa shape index (κ1) is 15.1. The molecule has 1 nitrogen and oxygen atoms in total. The van der Waals surface area contributed by atoms with Crippen LogP contribution in [0.15, 0.2) is 73.0 Å². The molecule has 1 saturated carbocycles. The molecule has 22 heavy (non-hydrogen) atoms. The van der Waals surface area contributed by atoms with Crippen LogP contribution in [-0.2, 0) is 9.84 Å². The van der Waals surface area contributed by atoms with Crippen molar-refractivity contribution in [2.75, 3.05) is 0 Å². The number of allylic oxidation sites excluding steroid dienone is 1.